The van der Waals surface area contributed by atoms with Crippen LogP contribution in [0.5, 0.6) is 0 Å². The monoisotopic (exact) mass is 232 g/mol. The lowest BCUT2D eigenvalue weighted by atomic mass is 10.2. The number of halogens is 1. The molecule has 5 heteroatoms. The highest BCUT2D eigenvalue weighted by atomic mass is 35.5. The molecule has 0 amide bonds. The van der Waals surface area contributed by atoms with E-state index < -0.39 is 13.3 Å². The molecule has 76 valence electrons. The highest BCUT2D eigenvalue weighted by Crippen LogP contribution is 2.21. The van der Waals surface area contributed by atoms with E-state index in [1.807, 2.05) is 0 Å². The lowest BCUT2D eigenvalue weighted by Gasteiger charge is -2.02. The van der Waals surface area contributed by atoms with Crippen LogP contribution in [-0.4, -0.2) is 11.8 Å². The molecule has 0 fully saturated rings. The van der Waals surface area contributed by atoms with E-state index in [2.05, 4.69) is 0 Å². The molecule has 0 heterocycles. The molecule has 0 aromatic heterocycles. The molecular weight excluding hydrogens is 223 g/mol. The van der Waals surface area contributed by atoms with Gasteiger partial charge in [0, 0.05) is 10.9 Å². The molecule has 3 nitrogen and oxygen atoms in total. The Morgan fingerprint density at radius 2 is 2.29 bits per heavy atom. The van der Waals surface area contributed by atoms with Gasteiger partial charge in [-0.05, 0) is 30.7 Å². The number of carbonyl (C=O) groups is 1. The quantitative estimate of drug-likeness (QED) is 0.590. The fourth-order valence-electron chi connectivity index (χ4n) is 0.983. The minimum absolute atomic E-state index is 0.335. The van der Waals surface area contributed by atoms with E-state index in [0.29, 0.717) is 17.5 Å². The van der Waals surface area contributed by atoms with Crippen LogP contribution in [0.3, 0.4) is 0 Å². The molecule has 1 rings (SSSR count). The van der Waals surface area contributed by atoms with E-state index in [9.17, 15) is 9.36 Å². The van der Waals surface area contributed by atoms with Crippen LogP contribution in [0.2, 0.25) is 0 Å². The molecule has 0 saturated heterocycles. The van der Waals surface area contributed by atoms with Crippen molar-refractivity contribution in [3.8, 4) is 0 Å². The first kappa shape index (κ1) is 11.4. The summed E-state index contributed by atoms with van der Waals surface area (Å²) in [6.45, 7) is 2.15. The topological polar surface area (TPSA) is 43.4 Å². The number of hydrogen-bond donors (Lipinski definition) is 0. The summed E-state index contributed by atoms with van der Waals surface area (Å²) in [7, 11) is -2.23. The van der Waals surface area contributed by atoms with Crippen molar-refractivity contribution in [3.63, 3.8) is 0 Å². The van der Waals surface area contributed by atoms with Gasteiger partial charge in [0.05, 0.1) is 6.61 Å². The van der Waals surface area contributed by atoms with Gasteiger partial charge in [-0.2, -0.15) is 0 Å². The second-order valence-electron chi connectivity index (χ2n) is 2.57. The summed E-state index contributed by atoms with van der Waals surface area (Å²) in [5.41, 5.74) is 0.335. The van der Waals surface area contributed by atoms with Gasteiger partial charge in [-0.3, -0.25) is 9.36 Å². The summed E-state index contributed by atoms with van der Waals surface area (Å²) in [5.74, 6) is 0. The van der Waals surface area contributed by atoms with Crippen molar-refractivity contribution in [3.05, 3.63) is 29.8 Å². The molecule has 1 atom stereocenters. The van der Waals surface area contributed by atoms with Gasteiger partial charge in [0.25, 0.3) is 5.24 Å². The average Bonchev–Trinajstić information content (AvgIpc) is 2.18. The van der Waals surface area contributed by atoms with Crippen LogP contribution in [0, 0.1) is 0 Å². The largest absolute Gasteiger partial charge is 0.328 e. The molecule has 0 aliphatic heterocycles. The van der Waals surface area contributed by atoms with Crippen molar-refractivity contribution in [1.82, 2.24) is 0 Å². The van der Waals surface area contributed by atoms with Crippen LogP contribution in [0.25, 0.3) is 0 Å². The third kappa shape index (κ3) is 2.95. The van der Waals surface area contributed by atoms with Crippen LogP contribution in [0.15, 0.2) is 24.3 Å². The Hall–Kier alpha value is -0.630. The maximum atomic E-state index is 11.4. The predicted molar refractivity (Wildman–Crippen MR) is 56.9 cm³/mol. The summed E-state index contributed by atoms with van der Waals surface area (Å²) in [6, 6.07) is 6.35. The summed E-state index contributed by atoms with van der Waals surface area (Å²) >= 11 is 5.29. The molecular formula is C9H10ClO3P. The van der Waals surface area contributed by atoms with Crippen LogP contribution in [-0.2, 0) is 9.09 Å². The lowest BCUT2D eigenvalue weighted by molar-refractivity contribution is 0.108. The number of rotatable bonds is 4. The molecule has 0 radical (unpaired) electrons. The van der Waals surface area contributed by atoms with E-state index in [4.69, 9.17) is 16.1 Å². The van der Waals surface area contributed by atoms with Gasteiger partial charge in [0.2, 0.25) is 8.03 Å². The second-order valence-corrected chi connectivity index (χ2v) is 4.36. The number of benzene rings is 1. The Bertz CT molecular complexity index is 365. The first-order valence-electron chi connectivity index (χ1n) is 4.12. The van der Waals surface area contributed by atoms with Gasteiger partial charge in [-0.15, -0.1) is 0 Å². The van der Waals surface area contributed by atoms with E-state index >= 15 is 0 Å². The third-order valence-electron chi connectivity index (χ3n) is 1.60. The molecule has 1 unspecified atom stereocenters. The van der Waals surface area contributed by atoms with Crippen molar-refractivity contribution in [1.29, 1.82) is 0 Å². The van der Waals surface area contributed by atoms with Crippen LogP contribution >= 0.6 is 19.6 Å². The van der Waals surface area contributed by atoms with Crippen LogP contribution in [0.4, 0.5) is 0 Å². The zero-order chi connectivity index (χ0) is 10.6. The molecule has 0 aliphatic rings. The molecule has 0 aliphatic carbocycles. The van der Waals surface area contributed by atoms with Crippen LogP contribution in [0.1, 0.15) is 17.3 Å². The minimum atomic E-state index is -2.23. The Kier molecular flexibility index (Phi) is 4.33. The minimum Gasteiger partial charge on any atom is -0.328 e. The van der Waals surface area contributed by atoms with Gasteiger partial charge in [0.1, 0.15) is 0 Å². The predicted octanol–water partition coefficient (Wildman–Crippen LogP) is 2.20. The van der Waals surface area contributed by atoms with Gasteiger partial charge in [-0.25, -0.2) is 0 Å². The van der Waals surface area contributed by atoms with E-state index in [1.54, 1.807) is 25.1 Å². The molecule has 1 aromatic carbocycles. The lowest BCUT2D eigenvalue weighted by Crippen LogP contribution is -2.01. The highest BCUT2D eigenvalue weighted by Gasteiger charge is 2.06. The second kappa shape index (κ2) is 5.30. The van der Waals surface area contributed by atoms with Gasteiger partial charge in [0.15, 0.2) is 0 Å². The Morgan fingerprint density at radius 1 is 1.57 bits per heavy atom. The number of carbonyl (C=O) groups excluding carboxylic acids is 1. The van der Waals surface area contributed by atoms with Gasteiger partial charge < -0.3 is 4.52 Å². The maximum absolute atomic E-state index is 11.4. The van der Waals surface area contributed by atoms with E-state index in [0.717, 1.165) is 0 Å². The van der Waals surface area contributed by atoms with Crippen LogP contribution < -0.4 is 5.30 Å². The molecule has 0 spiro atoms. The molecule has 0 N–H and O–H groups in total. The molecule has 0 saturated carbocycles. The summed E-state index contributed by atoms with van der Waals surface area (Å²) < 4.78 is 16.4. The molecule has 1 aromatic rings. The van der Waals surface area contributed by atoms with Crippen molar-refractivity contribution < 1.29 is 13.9 Å². The SMILES string of the molecule is CCO[PH](=O)c1cccc(C(=O)Cl)c1. The molecule has 0 bridgehead atoms. The van der Waals surface area contributed by atoms with Crippen molar-refractivity contribution >= 4 is 30.2 Å². The maximum Gasteiger partial charge on any atom is 0.252 e. The van der Waals surface area contributed by atoms with Crippen molar-refractivity contribution in [2.24, 2.45) is 0 Å². The zero-order valence-electron chi connectivity index (χ0n) is 7.62. The Morgan fingerprint density at radius 3 is 2.86 bits per heavy atom. The fraction of sp³-hybridized carbons (Fsp3) is 0.222. The first-order valence-corrected chi connectivity index (χ1v) is 5.81. The normalized spacial score (nSPS) is 12.4. The third-order valence-corrected chi connectivity index (χ3v) is 3.15. The standard InChI is InChI=1S/C9H10ClO3P/c1-2-13-14(12)8-5-3-4-7(6-8)9(10)11/h3-6,14H,2H2,1H3. The average molecular weight is 233 g/mol. The van der Waals surface area contributed by atoms with Gasteiger partial charge in [-0.1, -0.05) is 12.1 Å². The zero-order valence-corrected chi connectivity index (χ0v) is 9.38. The van der Waals surface area contributed by atoms with Crippen molar-refractivity contribution in [2.75, 3.05) is 6.61 Å². The Balaban J connectivity index is 2.93. The smallest absolute Gasteiger partial charge is 0.252 e. The summed E-state index contributed by atoms with van der Waals surface area (Å²) in [4.78, 5) is 10.8. The van der Waals surface area contributed by atoms with E-state index in [1.165, 1.54) is 6.07 Å². The van der Waals surface area contributed by atoms with E-state index in [-0.39, 0.29) is 0 Å². The summed E-state index contributed by atoms with van der Waals surface area (Å²) in [5, 5.41) is -0.0403. The summed E-state index contributed by atoms with van der Waals surface area (Å²) in [6.07, 6.45) is 0. The van der Waals surface area contributed by atoms with Crippen molar-refractivity contribution in [2.45, 2.75) is 6.92 Å². The van der Waals surface area contributed by atoms with Gasteiger partial charge >= 0.3 is 0 Å². The molecule has 14 heavy (non-hydrogen) atoms. The Labute approximate surface area is 87.9 Å². The number of hydrogen-bond acceptors (Lipinski definition) is 3. The highest BCUT2D eigenvalue weighted by molar-refractivity contribution is 7.48. The fourth-order valence-corrected chi connectivity index (χ4v) is 2.03. The first-order chi connectivity index (χ1) is 6.65.